The lowest BCUT2D eigenvalue weighted by Gasteiger charge is -2.42. The molecule has 0 aliphatic heterocycles. The molecule has 3 aliphatic carbocycles. The molecular formula is C19H20O2. The van der Waals surface area contributed by atoms with Gasteiger partial charge in [0.05, 0.1) is 5.41 Å². The summed E-state index contributed by atoms with van der Waals surface area (Å²) in [5.41, 5.74) is 6.42. The molecule has 108 valence electrons. The number of aryl methyl sites for hydroxylation is 1. The molecule has 3 aliphatic rings. The predicted molar refractivity (Wildman–Crippen MR) is 83.0 cm³/mol. The topological polar surface area (TPSA) is 37.3 Å². The van der Waals surface area contributed by atoms with Gasteiger partial charge in [0.2, 0.25) is 0 Å². The Hall–Kier alpha value is -1.83. The molecule has 0 radical (unpaired) electrons. The highest BCUT2D eigenvalue weighted by atomic mass is 16.3. The van der Waals surface area contributed by atoms with Gasteiger partial charge in [-0.1, -0.05) is 12.1 Å². The summed E-state index contributed by atoms with van der Waals surface area (Å²) in [5, 5.41) is 9.68. The van der Waals surface area contributed by atoms with Crippen LogP contribution in [0.2, 0.25) is 0 Å². The lowest BCUT2D eigenvalue weighted by atomic mass is 9.60. The van der Waals surface area contributed by atoms with Gasteiger partial charge in [0, 0.05) is 6.42 Å². The minimum atomic E-state index is -0.245. The molecule has 0 unspecified atom stereocenters. The standard InChI is InChI=1S/C19H20O2/c1-19-10-9-15-14-8-6-13(20)11-12(14)5-7-16(15)17(19)3-2-4-18(19)21/h3,6,8,11,20H,2,4-5,7,9-10H2,1H3/t19-/m1/s1. The summed E-state index contributed by atoms with van der Waals surface area (Å²) in [6.45, 7) is 2.14. The van der Waals surface area contributed by atoms with Gasteiger partial charge in [-0.3, -0.25) is 4.79 Å². The average Bonchev–Trinajstić information content (AvgIpc) is 2.48. The first-order chi connectivity index (χ1) is 10.1. The number of rotatable bonds is 0. The molecule has 4 rings (SSSR count). The first kappa shape index (κ1) is 12.9. The van der Waals surface area contributed by atoms with Crippen LogP contribution in [0.1, 0.15) is 50.2 Å². The zero-order valence-electron chi connectivity index (χ0n) is 12.4. The van der Waals surface area contributed by atoms with Crippen LogP contribution in [0.5, 0.6) is 5.75 Å². The van der Waals surface area contributed by atoms with E-state index in [1.165, 1.54) is 27.8 Å². The maximum absolute atomic E-state index is 12.4. The minimum Gasteiger partial charge on any atom is -0.508 e. The highest BCUT2D eigenvalue weighted by molar-refractivity contribution is 5.93. The quantitative estimate of drug-likeness (QED) is 0.774. The Morgan fingerprint density at radius 2 is 1.95 bits per heavy atom. The number of carbonyl (C=O) groups excluding carboxylic acids is 1. The summed E-state index contributed by atoms with van der Waals surface area (Å²) in [4.78, 5) is 12.4. The van der Waals surface area contributed by atoms with Crippen molar-refractivity contribution in [2.24, 2.45) is 5.41 Å². The minimum absolute atomic E-state index is 0.245. The summed E-state index contributed by atoms with van der Waals surface area (Å²) in [6.07, 6.45) is 7.77. The summed E-state index contributed by atoms with van der Waals surface area (Å²) in [5.74, 6) is 0.772. The van der Waals surface area contributed by atoms with E-state index in [2.05, 4.69) is 13.0 Å². The third-order valence-electron chi connectivity index (χ3n) is 5.55. The first-order valence-corrected chi connectivity index (χ1v) is 7.88. The van der Waals surface area contributed by atoms with Gasteiger partial charge < -0.3 is 5.11 Å². The van der Waals surface area contributed by atoms with Crippen molar-refractivity contribution >= 4 is 11.4 Å². The SMILES string of the molecule is C[C@@]12CCC3=C(CCc4cc(O)ccc43)C1=CCCC2=O. The molecule has 1 N–H and O–H groups in total. The summed E-state index contributed by atoms with van der Waals surface area (Å²) < 4.78 is 0. The van der Waals surface area contributed by atoms with Crippen molar-refractivity contribution in [1.29, 1.82) is 0 Å². The van der Waals surface area contributed by atoms with E-state index in [0.717, 1.165) is 32.1 Å². The number of phenolic OH excluding ortho intramolecular Hbond substituents is 1. The van der Waals surface area contributed by atoms with Crippen molar-refractivity contribution in [1.82, 2.24) is 0 Å². The molecule has 2 nitrogen and oxygen atoms in total. The van der Waals surface area contributed by atoms with Crippen LogP contribution in [0.15, 0.2) is 35.4 Å². The van der Waals surface area contributed by atoms with Gasteiger partial charge >= 0.3 is 0 Å². The van der Waals surface area contributed by atoms with E-state index >= 15 is 0 Å². The number of allylic oxidation sites excluding steroid dienone is 4. The van der Waals surface area contributed by atoms with Gasteiger partial charge in [-0.2, -0.15) is 0 Å². The second-order valence-corrected chi connectivity index (χ2v) is 6.71. The largest absolute Gasteiger partial charge is 0.508 e. The highest BCUT2D eigenvalue weighted by Crippen LogP contribution is 2.53. The number of aromatic hydroxyl groups is 1. The number of phenols is 1. The number of benzene rings is 1. The van der Waals surface area contributed by atoms with E-state index in [4.69, 9.17) is 0 Å². The fourth-order valence-electron chi connectivity index (χ4n) is 4.34. The van der Waals surface area contributed by atoms with E-state index in [-0.39, 0.29) is 5.41 Å². The molecule has 21 heavy (non-hydrogen) atoms. The van der Waals surface area contributed by atoms with E-state index < -0.39 is 0 Å². The Bertz CT molecular complexity index is 708. The maximum atomic E-state index is 12.4. The Morgan fingerprint density at radius 3 is 2.81 bits per heavy atom. The number of hydrogen-bond acceptors (Lipinski definition) is 2. The summed E-state index contributed by atoms with van der Waals surface area (Å²) in [7, 11) is 0. The van der Waals surface area contributed by atoms with E-state index in [1.807, 2.05) is 12.1 Å². The number of fused-ring (bicyclic) bond motifs is 4. The summed E-state index contributed by atoms with van der Waals surface area (Å²) >= 11 is 0. The van der Waals surface area contributed by atoms with Gasteiger partial charge in [0.15, 0.2) is 0 Å². The third kappa shape index (κ3) is 1.75. The van der Waals surface area contributed by atoms with E-state index in [0.29, 0.717) is 18.0 Å². The second-order valence-electron chi connectivity index (χ2n) is 6.71. The Morgan fingerprint density at radius 1 is 1.10 bits per heavy atom. The van der Waals surface area contributed by atoms with Crippen molar-refractivity contribution in [3.63, 3.8) is 0 Å². The Labute approximate surface area is 125 Å². The normalized spacial score (nSPS) is 27.7. The maximum Gasteiger partial charge on any atom is 0.143 e. The van der Waals surface area contributed by atoms with Crippen LogP contribution < -0.4 is 0 Å². The van der Waals surface area contributed by atoms with Crippen LogP contribution in [0.4, 0.5) is 0 Å². The third-order valence-corrected chi connectivity index (χ3v) is 5.55. The van der Waals surface area contributed by atoms with Gasteiger partial charge in [0.1, 0.15) is 11.5 Å². The van der Waals surface area contributed by atoms with Crippen LogP contribution >= 0.6 is 0 Å². The fourth-order valence-corrected chi connectivity index (χ4v) is 4.34. The van der Waals surface area contributed by atoms with E-state index in [1.54, 1.807) is 6.07 Å². The molecule has 0 heterocycles. The lowest BCUT2D eigenvalue weighted by Crippen LogP contribution is -2.36. The van der Waals surface area contributed by atoms with Gasteiger partial charge in [-0.15, -0.1) is 0 Å². The molecule has 0 saturated carbocycles. The van der Waals surface area contributed by atoms with Crippen molar-refractivity contribution < 1.29 is 9.90 Å². The molecule has 0 spiro atoms. The first-order valence-electron chi connectivity index (χ1n) is 7.88. The smallest absolute Gasteiger partial charge is 0.143 e. The molecule has 2 heteroatoms. The van der Waals surface area contributed by atoms with Gasteiger partial charge in [-0.05, 0) is 79.0 Å². The lowest BCUT2D eigenvalue weighted by molar-refractivity contribution is -0.126. The Kier molecular flexibility index (Phi) is 2.66. The van der Waals surface area contributed by atoms with Crippen LogP contribution in [0.25, 0.3) is 5.57 Å². The number of hydrogen-bond donors (Lipinski definition) is 1. The molecule has 1 atom stereocenters. The predicted octanol–water partition coefficient (Wildman–Crippen LogP) is 4.18. The van der Waals surface area contributed by atoms with Crippen LogP contribution in [0, 0.1) is 5.41 Å². The van der Waals surface area contributed by atoms with Crippen molar-refractivity contribution in [3.05, 3.63) is 46.5 Å². The fraction of sp³-hybridized carbons (Fsp3) is 0.421. The molecule has 0 amide bonds. The molecule has 1 aromatic carbocycles. The monoisotopic (exact) mass is 280 g/mol. The molecular weight excluding hydrogens is 260 g/mol. The van der Waals surface area contributed by atoms with Crippen LogP contribution in [-0.2, 0) is 11.2 Å². The van der Waals surface area contributed by atoms with Gasteiger partial charge in [0.25, 0.3) is 0 Å². The van der Waals surface area contributed by atoms with E-state index in [9.17, 15) is 9.90 Å². The highest BCUT2D eigenvalue weighted by Gasteiger charge is 2.43. The molecule has 0 aromatic heterocycles. The zero-order valence-corrected chi connectivity index (χ0v) is 12.4. The van der Waals surface area contributed by atoms with Crippen LogP contribution in [-0.4, -0.2) is 10.9 Å². The molecule has 0 saturated heterocycles. The van der Waals surface area contributed by atoms with Crippen molar-refractivity contribution in [2.75, 3.05) is 0 Å². The van der Waals surface area contributed by atoms with Gasteiger partial charge in [-0.25, -0.2) is 0 Å². The molecule has 1 aromatic rings. The average molecular weight is 280 g/mol. The molecule has 0 bridgehead atoms. The van der Waals surface area contributed by atoms with Crippen LogP contribution in [0.3, 0.4) is 0 Å². The second kappa shape index (κ2) is 4.33. The molecule has 0 fully saturated rings. The van der Waals surface area contributed by atoms with Crippen molar-refractivity contribution in [2.45, 2.75) is 45.4 Å². The van der Waals surface area contributed by atoms with Crippen molar-refractivity contribution in [3.8, 4) is 5.75 Å². The number of ketones is 1. The Balaban J connectivity index is 1.89. The zero-order chi connectivity index (χ0) is 14.6. The number of Topliss-reactive ketones (excluding diaryl/α,β-unsaturated/α-hetero) is 1. The summed E-state index contributed by atoms with van der Waals surface area (Å²) in [6, 6.07) is 5.73. The number of carbonyl (C=O) groups is 1.